The number of ketones is 1. The summed E-state index contributed by atoms with van der Waals surface area (Å²) in [7, 11) is 1.65. The van der Waals surface area contributed by atoms with Crippen LogP contribution in [0.1, 0.15) is 36.0 Å². The maximum Gasteiger partial charge on any atom is 0.182 e. The van der Waals surface area contributed by atoms with Gasteiger partial charge in [-0.1, -0.05) is 18.6 Å². The first-order valence-electron chi connectivity index (χ1n) is 10.1. The van der Waals surface area contributed by atoms with E-state index in [9.17, 15) is 4.79 Å². The third-order valence-electron chi connectivity index (χ3n) is 5.21. The third-order valence-corrected chi connectivity index (χ3v) is 5.21. The summed E-state index contributed by atoms with van der Waals surface area (Å²) in [6.07, 6.45) is 4.16. The summed E-state index contributed by atoms with van der Waals surface area (Å²) >= 11 is 0. The summed E-state index contributed by atoms with van der Waals surface area (Å²) in [4.78, 5) is 20.0. The number of methoxy groups -OCH3 is 1. The molecule has 6 nitrogen and oxygen atoms in total. The number of benzene rings is 2. The number of Topliss-reactive ketones (excluding diaryl/α,β-unsaturated/α-hetero) is 1. The van der Waals surface area contributed by atoms with E-state index in [4.69, 9.17) is 19.2 Å². The normalized spacial score (nSPS) is 15.8. The summed E-state index contributed by atoms with van der Waals surface area (Å²) in [6, 6.07) is 13.1. The Labute approximate surface area is 171 Å². The van der Waals surface area contributed by atoms with Crippen LogP contribution in [0.4, 0.5) is 5.69 Å². The average molecular weight is 394 g/mol. The number of aliphatic imine (C=N–C) groups is 1. The van der Waals surface area contributed by atoms with E-state index < -0.39 is 0 Å². The molecule has 0 radical (unpaired) electrons. The summed E-state index contributed by atoms with van der Waals surface area (Å²) in [5.74, 6) is 2.98. The van der Waals surface area contributed by atoms with E-state index in [-0.39, 0.29) is 12.3 Å². The molecule has 4 rings (SSSR count). The second-order valence-electron chi connectivity index (χ2n) is 7.15. The van der Waals surface area contributed by atoms with Gasteiger partial charge in [0.25, 0.3) is 0 Å². The maximum absolute atomic E-state index is 13.2. The number of para-hydroxylation sites is 2. The van der Waals surface area contributed by atoms with Gasteiger partial charge in [0.05, 0.1) is 19.3 Å². The maximum atomic E-state index is 13.2. The number of rotatable bonds is 5. The molecule has 0 aliphatic carbocycles. The van der Waals surface area contributed by atoms with Crippen LogP contribution in [0.25, 0.3) is 0 Å². The number of hydrogen-bond donors (Lipinski definition) is 0. The van der Waals surface area contributed by atoms with Crippen molar-refractivity contribution in [2.45, 2.75) is 25.7 Å². The number of amidine groups is 1. The lowest BCUT2D eigenvalue weighted by atomic mass is 10.1. The number of carbonyl (C=O) groups is 1. The van der Waals surface area contributed by atoms with Gasteiger partial charge in [-0.25, -0.2) is 0 Å². The molecule has 152 valence electrons. The Morgan fingerprint density at radius 1 is 1.07 bits per heavy atom. The van der Waals surface area contributed by atoms with E-state index in [0.29, 0.717) is 30.3 Å². The number of anilines is 1. The van der Waals surface area contributed by atoms with Crippen molar-refractivity contribution in [3.05, 3.63) is 48.0 Å². The third kappa shape index (κ3) is 4.36. The van der Waals surface area contributed by atoms with E-state index in [0.717, 1.165) is 49.5 Å². The Bertz CT molecular complexity index is 910. The van der Waals surface area contributed by atoms with E-state index in [1.165, 1.54) is 0 Å². The monoisotopic (exact) mass is 394 g/mol. The molecule has 0 bridgehead atoms. The van der Waals surface area contributed by atoms with Gasteiger partial charge in [0.1, 0.15) is 24.8 Å². The van der Waals surface area contributed by atoms with Gasteiger partial charge >= 0.3 is 0 Å². The van der Waals surface area contributed by atoms with Crippen LogP contribution in [0.5, 0.6) is 17.2 Å². The Morgan fingerprint density at radius 3 is 2.76 bits per heavy atom. The predicted molar refractivity (Wildman–Crippen MR) is 113 cm³/mol. The standard InChI is InChI=1S/C23H26N2O4/c1-27-20-8-5-4-7-18(20)25(23-9-3-2-6-12-24-23)16-19(26)17-10-11-21-22(15-17)29-14-13-28-21/h4-5,7-8,10-11,15H,2-3,6,9,12-14,16H2,1H3. The average Bonchev–Trinajstić information content (AvgIpc) is 3.06. The molecule has 6 heteroatoms. The molecule has 2 aromatic rings. The van der Waals surface area contributed by atoms with Crippen LogP contribution in [-0.4, -0.2) is 45.0 Å². The minimum absolute atomic E-state index is 0.000161. The quantitative estimate of drug-likeness (QED) is 0.714. The van der Waals surface area contributed by atoms with Crippen molar-refractivity contribution >= 4 is 17.3 Å². The molecule has 0 aromatic heterocycles. The minimum Gasteiger partial charge on any atom is -0.495 e. The second-order valence-corrected chi connectivity index (χ2v) is 7.15. The highest BCUT2D eigenvalue weighted by Gasteiger charge is 2.23. The molecular weight excluding hydrogens is 368 g/mol. The van der Waals surface area contributed by atoms with Gasteiger partial charge < -0.3 is 19.1 Å². The second kappa shape index (κ2) is 8.99. The predicted octanol–water partition coefficient (Wildman–Crippen LogP) is 4.13. The minimum atomic E-state index is -0.000161. The summed E-state index contributed by atoms with van der Waals surface area (Å²) in [5, 5.41) is 0. The van der Waals surface area contributed by atoms with Crippen LogP contribution in [-0.2, 0) is 0 Å². The summed E-state index contributed by atoms with van der Waals surface area (Å²) < 4.78 is 16.8. The highest BCUT2D eigenvalue weighted by Crippen LogP contribution is 2.32. The van der Waals surface area contributed by atoms with Crippen LogP contribution in [0.3, 0.4) is 0 Å². The van der Waals surface area contributed by atoms with Crippen molar-refractivity contribution in [2.24, 2.45) is 4.99 Å². The first kappa shape index (κ1) is 19.3. The van der Waals surface area contributed by atoms with Crippen molar-refractivity contribution in [3.8, 4) is 17.2 Å². The first-order chi connectivity index (χ1) is 14.3. The fraction of sp³-hybridized carbons (Fsp3) is 0.391. The largest absolute Gasteiger partial charge is 0.495 e. The molecule has 0 spiro atoms. The van der Waals surface area contributed by atoms with Crippen LogP contribution < -0.4 is 19.1 Å². The van der Waals surface area contributed by atoms with Crippen LogP contribution in [0.15, 0.2) is 47.5 Å². The summed E-state index contributed by atoms with van der Waals surface area (Å²) in [6.45, 7) is 2.01. The van der Waals surface area contributed by atoms with Crippen LogP contribution in [0, 0.1) is 0 Å². The molecule has 0 fully saturated rings. The number of nitrogens with zero attached hydrogens (tertiary/aromatic N) is 2. The van der Waals surface area contributed by atoms with E-state index in [2.05, 4.69) is 0 Å². The van der Waals surface area contributed by atoms with Gasteiger partial charge in [0, 0.05) is 18.5 Å². The van der Waals surface area contributed by atoms with Crippen molar-refractivity contribution in [2.75, 3.05) is 38.3 Å². The molecule has 0 amide bonds. The molecule has 0 N–H and O–H groups in total. The topological polar surface area (TPSA) is 60.4 Å². The van der Waals surface area contributed by atoms with E-state index in [1.54, 1.807) is 25.3 Å². The summed E-state index contributed by atoms with van der Waals surface area (Å²) in [5.41, 5.74) is 1.46. The lowest BCUT2D eigenvalue weighted by molar-refractivity contribution is 0.100. The highest BCUT2D eigenvalue weighted by molar-refractivity contribution is 6.08. The Kier molecular flexibility index (Phi) is 5.98. The fourth-order valence-electron chi connectivity index (χ4n) is 3.70. The number of carbonyl (C=O) groups excluding carboxylic acids is 1. The molecule has 2 aliphatic rings. The van der Waals surface area contributed by atoms with Crippen molar-refractivity contribution in [1.29, 1.82) is 0 Å². The SMILES string of the molecule is COc1ccccc1N(CC(=O)c1ccc2c(c1)OCCO2)C1=NCCCCC1. The van der Waals surface area contributed by atoms with Crippen molar-refractivity contribution < 1.29 is 19.0 Å². The van der Waals surface area contributed by atoms with E-state index >= 15 is 0 Å². The van der Waals surface area contributed by atoms with E-state index in [1.807, 2.05) is 29.2 Å². The van der Waals surface area contributed by atoms with Gasteiger partial charge in [0.15, 0.2) is 17.3 Å². The molecule has 29 heavy (non-hydrogen) atoms. The fourth-order valence-corrected chi connectivity index (χ4v) is 3.70. The molecular formula is C23H26N2O4. The number of hydrogen-bond acceptors (Lipinski definition) is 6. The van der Waals surface area contributed by atoms with Crippen molar-refractivity contribution in [3.63, 3.8) is 0 Å². The molecule has 2 heterocycles. The van der Waals surface area contributed by atoms with Gasteiger partial charge in [-0.3, -0.25) is 9.79 Å². The first-order valence-corrected chi connectivity index (χ1v) is 10.1. The van der Waals surface area contributed by atoms with Gasteiger partial charge in [-0.05, 0) is 43.2 Å². The molecule has 0 saturated carbocycles. The van der Waals surface area contributed by atoms with Gasteiger partial charge in [0.2, 0.25) is 0 Å². The Hall–Kier alpha value is -3.02. The highest BCUT2D eigenvalue weighted by atomic mass is 16.6. The molecule has 0 atom stereocenters. The Morgan fingerprint density at radius 2 is 1.90 bits per heavy atom. The number of fused-ring (bicyclic) bond motifs is 1. The molecule has 0 saturated heterocycles. The van der Waals surface area contributed by atoms with Crippen molar-refractivity contribution in [1.82, 2.24) is 0 Å². The lowest BCUT2D eigenvalue weighted by Gasteiger charge is -2.27. The lowest BCUT2D eigenvalue weighted by Crippen LogP contribution is -2.36. The van der Waals surface area contributed by atoms with Crippen LogP contribution in [0.2, 0.25) is 0 Å². The molecule has 2 aromatic carbocycles. The van der Waals surface area contributed by atoms with Crippen LogP contribution >= 0.6 is 0 Å². The number of ether oxygens (including phenoxy) is 3. The zero-order valence-corrected chi connectivity index (χ0v) is 16.7. The zero-order chi connectivity index (χ0) is 20.1. The van der Waals surface area contributed by atoms with Gasteiger partial charge in [-0.2, -0.15) is 0 Å². The molecule has 0 unspecified atom stereocenters. The molecule has 2 aliphatic heterocycles. The Balaban J connectivity index is 1.64. The van der Waals surface area contributed by atoms with Gasteiger partial charge in [-0.15, -0.1) is 0 Å². The zero-order valence-electron chi connectivity index (χ0n) is 16.7. The smallest absolute Gasteiger partial charge is 0.182 e.